The Labute approximate surface area is 247 Å². The number of ketones is 2. The molecule has 0 atom stereocenters. The van der Waals surface area contributed by atoms with Crippen molar-refractivity contribution in [3.63, 3.8) is 0 Å². The van der Waals surface area contributed by atoms with E-state index in [9.17, 15) is 27.9 Å². The molecule has 0 saturated carbocycles. The molecule has 0 spiro atoms. The molecule has 0 aromatic heterocycles. The zero-order valence-electron chi connectivity index (χ0n) is 22.5. The van der Waals surface area contributed by atoms with Crippen molar-refractivity contribution in [1.29, 1.82) is 0 Å². The van der Waals surface area contributed by atoms with Gasteiger partial charge in [0.2, 0.25) is 0 Å². The molecule has 3 aliphatic rings. The van der Waals surface area contributed by atoms with Crippen molar-refractivity contribution < 1.29 is 36.8 Å². The number of hydrogen-bond donors (Lipinski definition) is 1. The number of carbonyl (C=O) groups is 3. The van der Waals surface area contributed by atoms with Gasteiger partial charge in [0.15, 0.2) is 23.1 Å². The second-order valence-corrected chi connectivity index (χ2v) is 12.5. The summed E-state index contributed by atoms with van der Waals surface area (Å²) >= 11 is 3.47. The van der Waals surface area contributed by atoms with Crippen LogP contribution < -0.4 is 8.92 Å². The molecule has 5 rings (SSSR count). The third-order valence-electron chi connectivity index (χ3n) is 7.53. The average molecular weight is 645 g/mol. The Bertz CT molecular complexity index is 1530. The molecule has 2 aliphatic carbocycles. The van der Waals surface area contributed by atoms with E-state index in [1.54, 1.807) is 37.3 Å². The molecule has 11 heteroatoms. The zero-order chi connectivity index (χ0) is 29.3. The molecule has 0 saturated heterocycles. The summed E-state index contributed by atoms with van der Waals surface area (Å²) in [4.78, 5) is 40.4. The van der Waals surface area contributed by atoms with Crippen LogP contribution in [0.4, 0.5) is 0 Å². The number of nitrogens with zero attached hydrogens (tertiary/aromatic N) is 1. The Hall–Kier alpha value is -3.44. The summed E-state index contributed by atoms with van der Waals surface area (Å²) in [6.07, 6.45) is 3.01. The van der Waals surface area contributed by atoms with Gasteiger partial charge >= 0.3 is 16.1 Å². The molecule has 2 aromatic rings. The Morgan fingerprint density at radius 2 is 1.61 bits per heavy atom. The minimum absolute atomic E-state index is 0.0163. The van der Waals surface area contributed by atoms with Gasteiger partial charge in [-0.15, -0.1) is 0 Å². The minimum atomic E-state index is -4.18. The first-order chi connectivity index (χ1) is 19.6. The summed E-state index contributed by atoms with van der Waals surface area (Å²) in [6, 6.07) is 11.1. The molecule has 216 valence electrons. The zero-order valence-corrected chi connectivity index (χ0v) is 24.9. The van der Waals surface area contributed by atoms with E-state index >= 15 is 0 Å². The first-order valence-electron chi connectivity index (χ1n) is 13.6. The Morgan fingerprint density at radius 1 is 1.00 bits per heavy atom. The number of carboxylic acids is 1. The number of carbonyl (C=O) groups excluding carboxylic acids is 2. The third kappa shape index (κ3) is 5.70. The summed E-state index contributed by atoms with van der Waals surface area (Å²) in [6.45, 7) is 2.15. The summed E-state index contributed by atoms with van der Waals surface area (Å²) in [7, 11) is -4.18. The maximum Gasteiger partial charge on any atom is 0.339 e. The first kappa shape index (κ1) is 29.1. The van der Waals surface area contributed by atoms with Crippen molar-refractivity contribution in [1.82, 2.24) is 4.90 Å². The van der Waals surface area contributed by atoms with E-state index in [1.165, 1.54) is 12.1 Å². The predicted octanol–water partition coefficient (Wildman–Crippen LogP) is 5.50. The molecule has 0 radical (unpaired) electrons. The van der Waals surface area contributed by atoms with Crippen LogP contribution in [0.25, 0.3) is 0 Å². The van der Waals surface area contributed by atoms with Gasteiger partial charge in [0.1, 0.15) is 4.90 Å². The van der Waals surface area contributed by atoms with E-state index in [2.05, 4.69) is 15.9 Å². The number of ether oxygens (including phenoxy) is 1. The van der Waals surface area contributed by atoms with Crippen LogP contribution in [-0.4, -0.2) is 49.1 Å². The highest BCUT2D eigenvalue weighted by Crippen LogP contribution is 2.51. The second kappa shape index (κ2) is 11.8. The van der Waals surface area contributed by atoms with Gasteiger partial charge in [-0.25, -0.2) is 0 Å². The second-order valence-electron chi connectivity index (χ2n) is 10.1. The standard InChI is InChI=1S/C30H30BrNO8S/c1-2-39-25-17-18(16-20(31)30(25)40-41(37,38)19-8-4-3-5-9-19)27-28-21(10-6-12-23(28)33)32(15-14-26(35)36)22-11-7-13-24(34)29(22)27/h3-5,8-9,16-17,27H,2,6-7,10-15H2,1H3,(H,35,36). The molecule has 1 aliphatic heterocycles. The maximum absolute atomic E-state index is 13.5. The van der Waals surface area contributed by atoms with Crippen LogP contribution in [-0.2, 0) is 24.5 Å². The Balaban J connectivity index is 1.66. The van der Waals surface area contributed by atoms with Gasteiger partial charge in [-0.05, 0) is 78.4 Å². The number of halogens is 1. The van der Waals surface area contributed by atoms with Crippen LogP contribution in [0.1, 0.15) is 63.4 Å². The summed E-state index contributed by atoms with van der Waals surface area (Å²) in [5.41, 5.74) is 3.11. The van der Waals surface area contributed by atoms with Crippen molar-refractivity contribution in [3.8, 4) is 11.5 Å². The minimum Gasteiger partial charge on any atom is -0.490 e. The SMILES string of the molecule is CCOc1cc(C2C3=C(CCCC3=O)N(CCC(=O)O)C3=C2C(=O)CCC3)cc(Br)c1OS(=O)(=O)c1ccccc1. The highest BCUT2D eigenvalue weighted by atomic mass is 79.9. The van der Waals surface area contributed by atoms with Gasteiger partial charge in [0.25, 0.3) is 0 Å². The number of Topliss-reactive ketones (excluding diaryl/α,β-unsaturated/α-hetero) is 2. The Morgan fingerprint density at radius 3 is 2.17 bits per heavy atom. The fraction of sp³-hybridized carbons (Fsp3) is 0.367. The molecule has 1 heterocycles. The van der Waals surface area contributed by atoms with Gasteiger partial charge in [0.05, 0.1) is 17.5 Å². The van der Waals surface area contributed by atoms with Crippen LogP contribution in [0.3, 0.4) is 0 Å². The van der Waals surface area contributed by atoms with Crippen LogP contribution in [0, 0.1) is 0 Å². The smallest absolute Gasteiger partial charge is 0.339 e. The van der Waals surface area contributed by atoms with Crippen LogP contribution >= 0.6 is 15.9 Å². The molecule has 0 unspecified atom stereocenters. The van der Waals surface area contributed by atoms with Crippen LogP contribution in [0.15, 0.2) is 74.4 Å². The van der Waals surface area contributed by atoms with E-state index in [1.807, 2.05) is 4.90 Å². The third-order valence-corrected chi connectivity index (χ3v) is 9.35. The fourth-order valence-electron chi connectivity index (χ4n) is 5.87. The average Bonchev–Trinajstić information content (AvgIpc) is 2.94. The lowest BCUT2D eigenvalue weighted by molar-refractivity contribution is -0.137. The molecule has 1 N–H and O–H groups in total. The normalized spacial score (nSPS) is 17.9. The molecule has 9 nitrogen and oxygen atoms in total. The van der Waals surface area contributed by atoms with E-state index in [4.69, 9.17) is 8.92 Å². The van der Waals surface area contributed by atoms with E-state index < -0.39 is 22.0 Å². The van der Waals surface area contributed by atoms with Crippen molar-refractivity contribution in [2.24, 2.45) is 0 Å². The molecule has 41 heavy (non-hydrogen) atoms. The molecule has 2 aromatic carbocycles. The highest BCUT2D eigenvalue weighted by molar-refractivity contribution is 9.10. The molecular formula is C30H30BrNO8S. The van der Waals surface area contributed by atoms with Gasteiger partial charge in [-0.1, -0.05) is 18.2 Å². The lowest BCUT2D eigenvalue weighted by atomic mass is 9.71. The lowest BCUT2D eigenvalue weighted by Gasteiger charge is -2.44. The number of rotatable bonds is 9. The van der Waals surface area contributed by atoms with Gasteiger partial charge in [0, 0.05) is 47.8 Å². The number of hydrogen-bond acceptors (Lipinski definition) is 8. The molecule has 0 amide bonds. The largest absolute Gasteiger partial charge is 0.490 e. The first-order valence-corrected chi connectivity index (χ1v) is 15.8. The van der Waals surface area contributed by atoms with Gasteiger partial charge in [-0.3, -0.25) is 14.4 Å². The maximum atomic E-state index is 13.5. The lowest BCUT2D eigenvalue weighted by Crippen LogP contribution is -2.39. The van der Waals surface area contributed by atoms with Crippen molar-refractivity contribution in [2.75, 3.05) is 13.2 Å². The van der Waals surface area contributed by atoms with Crippen LogP contribution in [0.2, 0.25) is 0 Å². The van der Waals surface area contributed by atoms with E-state index in [0.29, 0.717) is 59.7 Å². The number of aliphatic carboxylic acids is 1. The summed E-state index contributed by atoms with van der Waals surface area (Å²) in [5, 5.41) is 9.39. The molecular weight excluding hydrogens is 614 g/mol. The summed E-state index contributed by atoms with van der Waals surface area (Å²) in [5.74, 6) is -1.68. The van der Waals surface area contributed by atoms with Crippen LogP contribution in [0.5, 0.6) is 11.5 Å². The number of allylic oxidation sites excluding steroid dienone is 4. The van der Waals surface area contributed by atoms with Crippen molar-refractivity contribution in [2.45, 2.75) is 62.7 Å². The van der Waals surface area contributed by atoms with Gasteiger partial charge in [-0.2, -0.15) is 8.42 Å². The molecule has 0 fully saturated rings. The molecule has 0 bridgehead atoms. The highest BCUT2D eigenvalue weighted by Gasteiger charge is 2.43. The number of carboxylic acid groups (broad SMARTS) is 1. The van der Waals surface area contributed by atoms with Crippen molar-refractivity contribution in [3.05, 3.63) is 75.0 Å². The Kier molecular flexibility index (Phi) is 8.37. The topological polar surface area (TPSA) is 127 Å². The fourth-order valence-corrected chi connectivity index (χ4v) is 7.50. The monoisotopic (exact) mass is 643 g/mol. The number of benzene rings is 2. The van der Waals surface area contributed by atoms with Crippen molar-refractivity contribution >= 4 is 43.6 Å². The van der Waals surface area contributed by atoms with Gasteiger partial charge < -0.3 is 18.9 Å². The quantitative estimate of drug-likeness (QED) is 0.352. The van der Waals surface area contributed by atoms with E-state index in [0.717, 1.165) is 11.4 Å². The van der Waals surface area contributed by atoms with E-state index in [-0.39, 0.29) is 47.5 Å². The summed E-state index contributed by atoms with van der Waals surface area (Å²) < 4.78 is 37.8. The predicted molar refractivity (Wildman–Crippen MR) is 153 cm³/mol.